The van der Waals surface area contributed by atoms with Crippen LogP contribution in [0.15, 0.2) is 97.1 Å². The van der Waals surface area contributed by atoms with Gasteiger partial charge in [0.2, 0.25) is 0 Å². The van der Waals surface area contributed by atoms with Gasteiger partial charge < -0.3 is 0 Å². The lowest BCUT2D eigenvalue weighted by Crippen LogP contribution is -2.20. The Morgan fingerprint density at radius 2 is 1.28 bits per heavy atom. The topological polar surface area (TPSA) is 17.1 Å². The van der Waals surface area contributed by atoms with Gasteiger partial charge in [-0.05, 0) is 23.1 Å². The van der Waals surface area contributed by atoms with Crippen LogP contribution in [-0.2, 0) is 0 Å². The lowest BCUT2D eigenvalue weighted by molar-refractivity contribution is 0.0939. The molecule has 0 N–H and O–H groups in total. The Balaban J connectivity index is 1.77. The summed E-state index contributed by atoms with van der Waals surface area (Å²) in [6, 6.07) is 30.4. The molecule has 3 aromatic rings. The van der Waals surface area contributed by atoms with Crippen LogP contribution in [0, 0.1) is 5.92 Å². The summed E-state index contributed by atoms with van der Waals surface area (Å²) in [7, 11) is 0. The van der Waals surface area contributed by atoms with Gasteiger partial charge in [0.1, 0.15) is 0 Å². The zero-order valence-corrected chi connectivity index (χ0v) is 14.0. The SMILES string of the molecule is O=C(c1ccccc1)[C@H]1C(c2ccccc2)=CC[C@@H]1c1ccccc1. The van der Waals surface area contributed by atoms with Crippen LogP contribution in [0.25, 0.3) is 5.57 Å². The van der Waals surface area contributed by atoms with Crippen molar-refractivity contribution < 1.29 is 4.79 Å². The molecule has 1 aliphatic carbocycles. The van der Waals surface area contributed by atoms with E-state index in [1.54, 1.807) is 0 Å². The lowest BCUT2D eigenvalue weighted by atomic mass is 9.79. The molecule has 0 fully saturated rings. The van der Waals surface area contributed by atoms with Gasteiger partial charge in [-0.1, -0.05) is 97.1 Å². The van der Waals surface area contributed by atoms with E-state index in [0.29, 0.717) is 0 Å². The van der Waals surface area contributed by atoms with Crippen LogP contribution < -0.4 is 0 Å². The van der Waals surface area contributed by atoms with Crippen molar-refractivity contribution in [1.82, 2.24) is 0 Å². The van der Waals surface area contributed by atoms with Gasteiger partial charge in [-0.2, -0.15) is 0 Å². The van der Waals surface area contributed by atoms with Crippen LogP contribution in [0.5, 0.6) is 0 Å². The summed E-state index contributed by atoms with van der Waals surface area (Å²) < 4.78 is 0. The predicted molar refractivity (Wildman–Crippen MR) is 102 cm³/mol. The van der Waals surface area contributed by atoms with Gasteiger partial charge in [-0.15, -0.1) is 0 Å². The van der Waals surface area contributed by atoms with Gasteiger partial charge in [0, 0.05) is 11.5 Å². The van der Waals surface area contributed by atoms with Gasteiger partial charge in [0.15, 0.2) is 5.78 Å². The predicted octanol–water partition coefficient (Wildman–Crippen LogP) is 5.76. The molecule has 3 aromatic carbocycles. The van der Waals surface area contributed by atoms with E-state index in [-0.39, 0.29) is 17.6 Å². The molecule has 1 nitrogen and oxygen atoms in total. The number of Topliss-reactive ketones (excluding diaryl/α,β-unsaturated/α-hetero) is 1. The monoisotopic (exact) mass is 324 g/mol. The maximum Gasteiger partial charge on any atom is 0.170 e. The fraction of sp³-hybridized carbons (Fsp3) is 0.125. The van der Waals surface area contributed by atoms with Gasteiger partial charge in [0.25, 0.3) is 0 Å². The highest BCUT2D eigenvalue weighted by Gasteiger charge is 2.37. The Kier molecular flexibility index (Phi) is 4.30. The second-order valence-corrected chi connectivity index (χ2v) is 6.49. The first kappa shape index (κ1) is 15.6. The summed E-state index contributed by atoms with van der Waals surface area (Å²) in [5, 5.41) is 0. The average molecular weight is 324 g/mol. The van der Waals surface area contributed by atoms with Crippen molar-refractivity contribution in [3.63, 3.8) is 0 Å². The van der Waals surface area contributed by atoms with Crippen LogP contribution in [0.3, 0.4) is 0 Å². The molecule has 0 saturated carbocycles. The van der Waals surface area contributed by atoms with Crippen LogP contribution in [0.1, 0.15) is 33.8 Å². The smallest absolute Gasteiger partial charge is 0.170 e. The third-order valence-corrected chi connectivity index (χ3v) is 5.00. The minimum absolute atomic E-state index is 0.132. The van der Waals surface area contributed by atoms with Crippen molar-refractivity contribution in [2.45, 2.75) is 12.3 Å². The van der Waals surface area contributed by atoms with Gasteiger partial charge in [0.05, 0.1) is 5.92 Å². The van der Waals surface area contributed by atoms with Crippen LogP contribution in [0.2, 0.25) is 0 Å². The zero-order valence-electron chi connectivity index (χ0n) is 14.0. The van der Waals surface area contributed by atoms with E-state index in [4.69, 9.17) is 0 Å². The molecule has 0 amide bonds. The molecule has 122 valence electrons. The number of carbonyl (C=O) groups is 1. The molecule has 0 radical (unpaired) electrons. The van der Waals surface area contributed by atoms with Crippen molar-refractivity contribution >= 4 is 11.4 Å². The molecule has 0 unspecified atom stereocenters. The van der Waals surface area contributed by atoms with E-state index in [2.05, 4.69) is 42.5 Å². The maximum atomic E-state index is 13.4. The molecule has 0 spiro atoms. The van der Waals surface area contributed by atoms with Crippen molar-refractivity contribution in [3.8, 4) is 0 Å². The van der Waals surface area contributed by atoms with Crippen LogP contribution >= 0.6 is 0 Å². The number of carbonyl (C=O) groups excluding carboxylic acids is 1. The largest absolute Gasteiger partial charge is 0.293 e. The van der Waals surface area contributed by atoms with Crippen molar-refractivity contribution in [1.29, 1.82) is 0 Å². The molecule has 1 heteroatoms. The van der Waals surface area contributed by atoms with E-state index in [9.17, 15) is 4.79 Å². The van der Waals surface area contributed by atoms with Crippen LogP contribution in [-0.4, -0.2) is 5.78 Å². The Morgan fingerprint density at radius 3 is 1.92 bits per heavy atom. The molecule has 0 saturated heterocycles. The molecule has 1 aliphatic rings. The third kappa shape index (κ3) is 3.06. The average Bonchev–Trinajstić information content (AvgIpc) is 3.14. The lowest BCUT2D eigenvalue weighted by Gasteiger charge is -2.23. The van der Waals surface area contributed by atoms with E-state index < -0.39 is 0 Å². The Morgan fingerprint density at radius 1 is 0.720 bits per heavy atom. The molecule has 0 aromatic heterocycles. The first-order valence-corrected chi connectivity index (χ1v) is 8.74. The summed E-state index contributed by atoms with van der Waals surface area (Å²) in [4.78, 5) is 13.4. The third-order valence-electron chi connectivity index (χ3n) is 5.00. The quantitative estimate of drug-likeness (QED) is 0.558. The highest BCUT2D eigenvalue weighted by Crippen LogP contribution is 2.45. The van der Waals surface area contributed by atoms with E-state index in [1.165, 1.54) is 5.56 Å². The molecular formula is C24H20O. The Hall–Kier alpha value is -2.93. The summed E-state index contributed by atoms with van der Waals surface area (Å²) in [5.74, 6) is 0.276. The van der Waals surface area contributed by atoms with E-state index in [0.717, 1.165) is 23.1 Å². The minimum atomic E-state index is -0.132. The van der Waals surface area contributed by atoms with Crippen molar-refractivity contribution in [2.75, 3.05) is 0 Å². The number of hydrogen-bond donors (Lipinski definition) is 0. The summed E-state index contributed by atoms with van der Waals surface area (Å²) in [5.41, 5.74) is 4.33. The summed E-state index contributed by atoms with van der Waals surface area (Å²) in [6.45, 7) is 0. The number of ketones is 1. The van der Waals surface area contributed by atoms with Gasteiger partial charge in [-0.25, -0.2) is 0 Å². The fourth-order valence-corrected chi connectivity index (χ4v) is 3.80. The molecule has 0 aliphatic heterocycles. The van der Waals surface area contributed by atoms with E-state index in [1.807, 2.05) is 54.6 Å². The van der Waals surface area contributed by atoms with Crippen molar-refractivity contribution in [3.05, 3.63) is 114 Å². The van der Waals surface area contributed by atoms with Gasteiger partial charge >= 0.3 is 0 Å². The molecule has 2 atom stereocenters. The minimum Gasteiger partial charge on any atom is -0.293 e. The van der Waals surface area contributed by atoms with Gasteiger partial charge in [-0.3, -0.25) is 4.79 Å². The number of allylic oxidation sites excluding steroid dienone is 2. The maximum absolute atomic E-state index is 13.4. The number of hydrogen-bond acceptors (Lipinski definition) is 1. The number of benzene rings is 3. The molecule has 0 heterocycles. The van der Waals surface area contributed by atoms with Crippen molar-refractivity contribution in [2.24, 2.45) is 5.92 Å². The fourth-order valence-electron chi connectivity index (χ4n) is 3.80. The highest BCUT2D eigenvalue weighted by molar-refractivity contribution is 6.06. The van der Waals surface area contributed by atoms with E-state index >= 15 is 0 Å². The first-order valence-electron chi connectivity index (χ1n) is 8.74. The second kappa shape index (κ2) is 6.90. The zero-order chi connectivity index (χ0) is 17.1. The highest BCUT2D eigenvalue weighted by atomic mass is 16.1. The first-order chi connectivity index (χ1) is 12.3. The second-order valence-electron chi connectivity index (χ2n) is 6.49. The summed E-state index contributed by atoms with van der Waals surface area (Å²) >= 11 is 0. The summed E-state index contributed by atoms with van der Waals surface area (Å²) in [6.07, 6.45) is 3.15. The molecule has 25 heavy (non-hydrogen) atoms. The normalized spacial score (nSPS) is 19.4. The Labute approximate surface area is 148 Å². The number of rotatable bonds is 4. The molecular weight excluding hydrogens is 304 g/mol. The molecule has 4 rings (SSSR count). The standard InChI is InChI=1S/C24H20O/c25-24(20-14-8-3-9-15-20)23-21(18-10-4-1-5-11-18)16-17-22(23)19-12-6-2-7-13-19/h1-16,22-23H,17H2/t22-,23+/m1/s1. The molecule has 0 bridgehead atoms. The van der Waals surface area contributed by atoms with Crippen LogP contribution in [0.4, 0.5) is 0 Å². The Bertz CT molecular complexity index is 879.